The molecule has 0 aliphatic carbocycles. The van der Waals surface area contributed by atoms with Gasteiger partial charge in [0.1, 0.15) is 0 Å². The zero-order valence-corrected chi connectivity index (χ0v) is 20.5. The highest BCUT2D eigenvalue weighted by molar-refractivity contribution is 5.77. The molecular formula is C22H30F6N4O6. The summed E-state index contributed by atoms with van der Waals surface area (Å²) in [5.74, 6) is -5.44. The van der Waals surface area contributed by atoms with E-state index < -0.39 is 24.3 Å². The number of likely N-dealkylation sites (N-methyl/N-ethyl adjacent to an activating group) is 1. The van der Waals surface area contributed by atoms with Gasteiger partial charge in [-0.1, -0.05) is 6.07 Å². The average molecular weight is 560 g/mol. The number of ether oxygens (including phenoxy) is 1. The second-order valence-corrected chi connectivity index (χ2v) is 8.68. The van der Waals surface area contributed by atoms with Crippen LogP contribution in [0.1, 0.15) is 18.5 Å². The van der Waals surface area contributed by atoms with Gasteiger partial charge in [-0.05, 0) is 31.5 Å². The highest BCUT2D eigenvalue weighted by atomic mass is 19.4. The SMILES string of the molecule is CNC(=O)CN1CCOCC2(CCCN(Cc3ccccn3)C2)C1.O=C(O)C(F)(F)F.O=C(O)C(F)(F)F. The van der Waals surface area contributed by atoms with Crippen LogP contribution in [0.25, 0.3) is 0 Å². The van der Waals surface area contributed by atoms with Crippen LogP contribution in [0, 0.1) is 5.41 Å². The van der Waals surface area contributed by atoms with Gasteiger partial charge < -0.3 is 20.3 Å². The maximum atomic E-state index is 11.8. The summed E-state index contributed by atoms with van der Waals surface area (Å²) in [4.78, 5) is 38.7. The van der Waals surface area contributed by atoms with Crippen molar-refractivity contribution in [3.8, 4) is 0 Å². The Morgan fingerprint density at radius 1 is 1.03 bits per heavy atom. The van der Waals surface area contributed by atoms with Gasteiger partial charge in [0, 0.05) is 44.8 Å². The molecule has 2 saturated heterocycles. The molecule has 16 heteroatoms. The maximum Gasteiger partial charge on any atom is 0.490 e. The number of carboxylic acids is 2. The Labute approximate surface area is 214 Å². The fourth-order valence-electron chi connectivity index (χ4n) is 3.91. The molecule has 3 heterocycles. The molecule has 2 aliphatic rings. The van der Waals surface area contributed by atoms with Crippen LogP contribution in [0.15, 0.2) is 24.4 Å². The number of hydrogen-bond donors (Lipinski definition) is 3. The molecule has 1 unspecified atom stereocenters. The van der Waals surface area contributed by atoms with Crippen LogP contribution < -0.4 is 5.32 Å². The molecule has 3 N–H and O–H groups in total. The molecule has 0 aromatic carbocycles. The number of alkyl halides is 6. The Hall–Kier alpha value is -2.98. The van der Waals surface area contributed by atoms with Crippen LogP contribution in [-0.4, -0.2) is 108 Å². The molecule has 3 rings (SSSR count). The van der Waals surface area contributed by atoms with Gasteiger partial charge in [-0.3, -0.25) is 19.6 Å². The predicted octanol–water partition coefficient (Wildman–Crippen LogP) is 2.01. The number of carbonyl (C=O) groups excluding carboxylic acids is 1. The lowest BCUT2D eigenvalue weighted by Gasteiger charge is -2.43. The quantitative estimate of drug-likeness (QED) is 0.473. The molecule has 2 fully saturated rings. The number of carbonyl (C=O) groups is 3. The normalized spacial score (nSPS) is 20.7. The lowest BCUT2D eigenvalue weighted by Crippen LogP contribution is -2.51. The van der Waals surface area contributed by atoms with E-state index in [1.807, 2.05) is 18.3 Å². The van der Waals surface area contributed by atoms with E-state index >= 15 is 0 Å². The van der Waals surface area contributed by atoms with E-state index in [1.165, 1.54) is 6.42 Å². The number of likely N-dealkylation sites (tertiary alicyclic amines) is 1. The van der Waals surface area contributed by atoms with E-state index in [9.17, 15) is 31.1 Å². The fraction of sp³-hybridized carbons (Fsp3) is 0.636. The van der Waals surface area contributed by atoms with Crippen molar-refractivity contribution in [3.63, 3.8) is 0 Å². The van der Waals surface area contributed by atoms with E-state index in [1.54, 1.807) is 7.05 Å². The van der Waals surface area contributed by atoms with Crippen LogP contribution in [0.2, 0.25) is 0 Å². The minimum absolute atomic E-state index is 0.0770. The summed E-state index contributed by atoms with van der Waals surface area (Å²) in [7, 11) is 1.70. The minimum atomic E-state index is -5.08. The molecule has 1 aromatic rings. The Bertz CT molecular complexity index is 879. The van der Waals surface area contributed by atoms with Crippen molar-refractivity contribution in [2.45, 2.75) is 31.7 Å². The first-order valence-electron chi connectivity index (χ1n) is 11.3. The third-order valence-electron chi connectivity index (χ3n) is 5.50. The zero-order valence-electron chi connectivity index (χ0n) is 20.5. The predicted molar refractivity (Wildman–Crippen MR) is 120 cm³/mol. The molecule has 1 atom stereocenters. The first-order valence-corrected chi connectivity index (χ1v) is 11.3. The van der Waals surface area contributed by atoms with Crippen LogP contribution in [0.3, 0.4) is 0 Å². The van der Waals surface area contributed by atoms with Gasteiger partial charge in [0.25, 0.3) is 0 Å². The molecule has 1 spiro atoms. The zero-order chi connectivity index (χ0) is 29.0. The monoisotopic (exact) mass is 560 g/mol. The lowest BCUT2D eigenvalue weighted by atomic mass is 9.80. The standard InChI is InChI=1S/C18H28N4O2.2C2HF3O2/c1-19-17(23)12-22-9-10-24-15-18(14-22)6-4-8-21(13-18)11-16-5-2-3-7-20-16;2*3-2(4,5)1(6)7/h2-3,5,7H,4,6,8-15H2,1H3,(H,19,23);2*(H,6,7). The van der Waals surface area contributed by atoms with Gasteiger partial charge in [0.15, 0.2) is 0 Å². The minimum Gasteiger partial charge on any atom is -0.475 e. The highest BCUT2D eigenvalue weighted by Gasteiger charge is 2.40. The average Bonchev–Trinajstić information content (AvgIpc) is 3.00. The van der Waals surface area contributed by atoms with Gasteiger partial charge in [-0.2, -0.15) is 26.3 Å². The van der Waals surface area contributed by atoms with Gasteiger partial charge in [0.05, 0.1) is 25.5 Å². The summed E-state index contributed by atoms with van der Waals surface area (Å²) in [5, 5.41) is 17.0. The first-order chi connectivity index (χ1) is 17.6. The number of halogens is 6. The van der Waals surface area contributed by atoms with E-state index in [4.69, 9.17) is 24.5 Å². The number of carboxylic acid groups (broad SMARTS) is 2. The summed E-state index contributed by atoms with van der Waals surface area (Å²) < 4.78 is 69.4. The smallest absolute Gasteiger partial charge is 0.475 e. The van der Waals surface area contributed by atoms with Crippen LogP contribution in [0.5, 0.6) is 0 Å². The second kappa shape index (κ2) is 14.8. The van der Waals surface area contributed by atoms with Crippen molar-refractivity contribution in [1.82, 2.24) is 20.1 Å². The number of aliphatic carboxylic acids is 2. The molecule has 0 bridgehead atoms. The fourth-order valence-corrected chi connectivity index (χ4v) is 3.91. The molecule has 1 aromatic heterocycles. The number of nitrogens with zero attached hydrogens (tertiary/aromatic N) is 3. The molecule has 0 radical (unpaired) electrons. The van der Waals surface area contributed by atoms with Crippen LogP contribution in [0.4, 0.5) is 26.3 Å². The van der Waals surface area contributed by atoms with Gasteiger partial charge in [0.2, 0.25) is 5.91 Å². The van der Waals surface area contributed by atoms with E-state index in [0.717, 1.165) is 51.4 Å². The molecule has 216 valence electrons. The number of pyridine rings is 1. The van der Waals surface area contributed by atoms with Crippen molar-refractivity contribution < 1.29 is 55.7 Å². The van der Waals surface area contributed by atoms with Crippen LogP contribution in [-0.2, 0) is 25.7 Å². The van der Waals surface area contributed by atoms with Crippen molar-refractivity contribution in [3.05, 3.63) is 30.1 Å². The summed E-state index contributed by atoms with van der Waals surface area (Å²) >= 11 is 0. The van der Waals surface area contributed by atoms with Crippen molar-refractivity contribution in [2.75, 3.05) is 53.0 Å². The third-order valence-corrected chi connectivity index (χ3v) is 5.50. The maximum absolute atomic E-state index is 11.8. The summed E-state index contributed by atoms with van der Waals surface area (Å²) in [5.41, 5.74) is 1.24. The van der Waals surface area contributed by atoms with Crippen molar-refractivity contribution >= 4 is 17.8 Å². The molecule has 10 nitrogen and oxygen atoms in total. The number of piperidine rings is 1. The number of nitrogens with one attached hydrogen (secondary N) is 1. The first kappa shape index (κ1) is 33.0. The van der Waals surface area contributed by atoms with Gasteiger partial charge in [-0.15, -0.1) is 0 Å². The Morgan fingerprint density at radius 3 is 2.11 bits per heavy atom. The summed E-state index contributed by atoms with van der Waals surface area (Å²) in [6.45, 7) is 6.71. The van der Waals surface area contributed by atoms with E-state index in [2.05, 4.69) is 26.2 Å². The second-order valence-electron chi connectivity index (χ2n) is 8.68. The topological polar surface area (TPSA) is 132 Å². The highest BCUT2D eigenvalue weighted by Crippen LogP contribution is 2.33. The van der Waals surface area contributed by atoms with Gasteiger partial charge >= 0.3 is 24.3 Å². The molecule has 0 saturated carbocycles. The molecule has 38 heavy (non-hydrogen) atoms. The van der Waals surface area contributed by atoms with Crippen molar-refractivity contribution in [1.29, 1.82) is 0 Å². The Morgan fingerprint density at radius 2 is 1.61 bits per heavy atom. The summed E-state index contributed by atoms with van der Waals surface area (Å²) in [6.07, 6.45) is -5.98. The molecule has 2 aliphatic heterocycles. The van der Waals surface area contributed by atoms with Crippen molar-refractivity contribution in [2.24, 2.45) is 5.41 Å². The van der Waals surface area contributed by atoms with E-state index in [-0.39, 0.29) is 11.3 Å². The Balaban J connectivity index is 0.000000426. The molecule has 1 amide bonds. The van der Waals surface area contributed by atoms with E-state index in [0.29, 0.717) is 13.2 Å². The lowest BCUT2D eigenvalue weighted by molar-refractivity contribution is -0.193. The summed E-state index contributed by atoms with van der Waals surface area (Å²) in [6, 6.07) is 6.08. The number of aromatic nitrogens is 1. The number of hydrogen-bond acceptors (Lipinski definition) is 7. The Kier molecular flexibility index (Phi) is 12.9. The van der Waals surface area contributed by atoms with Crippen LogP contribution >= 0.6 is 0 Å². The van der Waals surface area contributed by atoms with Gasteiger partial charge in [-0.25, -0.2) is 9.59 Å². The largest absolute Gasteiger partial charge is 0.490 e. The molecular weight excluding hydrogens is 530 g/mol. The number of rotatable bonds is 4. The number of amides is 1. The third kappa shape index (κ3) is 12.5.